The molecule has 9 nitrogen and oxygen atoms in total. The molecule has 10 heteroatoms. The minimum atomic E-state index is -4.07. The third kappa shape index (κ3) is 5.02. The Kier molecular flexibility index (Phi) is 6.59. The fourth-order valence-corrected chi connectivity index (χ4v) is 4.53. The summed E-state index contributed by atoms with van der Waals surface area (Å²) in [5, 5.41) is 0. The van der Waals surface area contributed by atoms with E-state index in [1.807, 2.05) is 0 Å². The number of anilines is 1. The number of rotatable bonds is 6. The predicted octanol–water partition coefficient (Wildman–Crippen LogP) is 1.61. The Morgan fingerprint density at radius 2 is 1.74 bits per heavy atom. The average Bonchev–Trinajstić information content (AvgIpc) is 2.78. The van der Waals surface area contributed by atoms with Gasteiger partial charge in [0, 0.05) is 19.0 Å². The van der Waals surface area contributed by atoms with Gasteiger partial charge in [-0.1, -0.05) is 18.2 Å². The van der Waals surface area contributed by atoms with Crippen molar-refractivity contribution < 1.29 is 27.5 Å². The van der Waals surface area contributed by atoms with Crippen LogP contribution in [0, 0.1) is 5.92 Å². The highest BCUT2D eigenvalue weighted by atomic mass is 32.2. The van der Waals surface area contributed by atoms with Crippen LogP contribution < -0.4 is 10.5 Å². The standard InChI is InChI=1S/C21H23N3O6S/c1-30-21(27)15-5-4-6-16(13-15)31(28,29)23-18-8-3-2-7-17(18)20(26)24-11-9-14(10-12-24)19(22)25/h2-8,13-14,23H,9-12H2,1H3,(H2,22,25). The zero-order valence-electron chi connectivity index (χ0n) is 16.9. The molecule has 1 fully saturated rings. The summed E-state index contributed by atoms with van der Waals surface area (Å²) >= 11 is 0. The molecule has 1 aliphatic heterocycles. The molecule has 31 heavy (non-hydrogen) atoms. The Bertz CT molecular complexity index is 1110. The van der Waals surface area contributed by atoms with Crippen molar-refractivity contribution in [1.82, 2.24) is 4.90 Å². The number of nitrogens with one attached hydrogen (secondary N) is 1. The van der Waals surface area contributed by atoms with Crippen LogP contribution in [0.1, 0.15) is 33.6 Å². The molecule has 0 saturated carbocycles. The maximum atomic E-state index is 13.0. The van der Waals surface area contributed by atoms with Gasteiger partial charge < -0.3 is 15.4 Å². The lowest BCUT2D eigenvalue weighted by Gasteiger charge is -2.31. The van der Waals surface area contributed by atoms with Crippen LogP contribution in [0.15, 0.2) is 53.4 Å². The Morgan fingerprint density at radius 3 is 2.39 bits per heavy atom. The first-order valence-corrected chi connectivity index (χ1v) is 11.1. The Morgan fingerprint density at radius 1 is 1.06 bits per heavy atom. The van der Waals surface area contributed by atoms with Gasteiger partial charge in [0.05, 0.1) is 28.8 Å². The molecular weight excluding hydrogens is 422 g/mol. The summed E-state index contributed by atoms with van der Waals surface area (Å²) < 4.78 is 32.9. The number of likely N-dealkylation sites (tertiary alicyclic amines) is 1. The zero-order chi connectivity index (χ0) is 22.6. The Balaban J connectivity index is 1.83. The summed E-state index contributed by atoms with van der Waals surface area (Å²) in [7, 11) is -2.87. The van der Waals surface area contributed by atoms with Crippen LogP contribution in [-0.4, -0.2) is 51.3 Å². The first-order valence-electron chi connectivity index (χ1n) is 9.61. The highest BCUT2D eigenvalue weighted by Gasteiger charge is 2.28. The normalized spacial score (nSPS) is 14.7. The molecule has 0 spiro atoms. The number of esters is 1. The van der Waals surface area contributed by atoms with Crippen molar-refractivity contribution in [3.05, 3.63) is 59.7 Å². The van der Waals surface area contributed by atoms with E-state index in [0.717, 1.165) is 0 Å². The molecule has 1 heterocycles. The van der Waals surface area contributed by atoms with Gasteiger partial charge in [0.15, 0.2) is 0 Å². The van der Waals surface area contributed by atoms with Gasteiger partial charge >= 0.3 is 5.97 Å². The lowest BCUT2D eigenvalue weighted by Crippen LogP contribution is -2.42. The van der Waals surface area contributed by atoms with E-state index in [1.165, 1.54) is 43.5 Å². The van der Waals surface area contributed by atoms with E-state index in [1.54, 1.807) is 17.0 Å². The number of carbonyl (C=O) groups is 3. The first-order chi connectivity index (χ1) is 14.7. The summed E-state index contributed by atoms with van der Waals surface area (Å²) in [6.07, 6.45) is 0.935. The minimum Gasteiger partial charge on any atom is -0.465 e. The van der Waals surface area contributed by atoms with Gasteiger partial charge in [0.25, 0.3) is 15.9 Å². The van der Waals surface area contributed by atoms with Gasteiger partial charge in [-0.05, 0) is 43.2 Å². The predicted molar refractivity (Wildman–Crippen MR) is 113 cm³/mol. The minimum absolute atomic E-state index is 0.0899. The Labute approximate surface area is 180 Å². The van der Waals surface area contributed by atoms with E-state index in [0.29, 0.717) is 25.9 Å². The molecule has 1 aliphatic rings. The third-order valence-corrected chi connectivity index (χ3v) is 6.51. The van der Waals surface area contributed by atoms with Crippen molar-refractivity contribution >= 4 is 33.5 Å². The fourth-order valence-electron chi connectivity index (χ4n) is 3.41. The number of hydrogen-bond donors (Lipinski definition) is 2. The number of nitrogens with zero attached hydrogens (tertiary/aromatic N) is 1. The van der Waals surface area contributed by atoms with Crippen molar-refractivity contribution in [3.8, 4) is 0 Å². The van der Waals surface area contributed by atoms with Crippen LogP contribution in [0.5, 0.6) is 0 Å². The number of methoxy groups -OCH3 is 1. The van der Waals surface area contributed by atoms with Crippen LogP contribution in [0.3, 0.4) is 0 Å². The first kappa shape index (κ1) is 22.3. The highest BCUT2D eigenvalue weighted by Crippen LogP contribution is 2.25. The quantitative estimate of drug-likeness (QED) is 0.649. The molecule has 2 aromatic carbocycles. The number of primary amides is 1. The van der Waals surface area contributed by atoms with Gasteiger partial charge in [-0.25, -0.2) is 13.2 Å². The summed E-state index contributed by atoms with van der Waals surface area (Å²) in [5.41, 5.74) is 5.73. The highest BCUT2D eigenvalue weighted by molar-refractivity contribution is 7.92. The third-order valence-electron chi connectivity index (χ3n) is 5.15. The van der Waals surface area contributed by atoms with Crippen molar-refractivity contribution in [2.24, 2.45) is 11.7 Å². The second kappa shape index (κ2) is 9.17. The van der Waals surface area contributed by atoms with Gasteiger partial charge in [0.2, 0.25) is 5.91 Å². The van der Waals surface area contributed by atoms with Crippen LogP contribution in [0.2, 0.25) is 0 Å². The second-order valence-electron chi connectivity index (χ2n) is 7.14. The average molecular weight is 445 g/mol. The molecule has 3 N–H and O–H groups in total. The molecule has 0 unspecified atom stereocenters. The SMILES string of the molecule is COC(=O)c1cccc(S(=O)(=O)Nc2ccccc2C(=O)N2CCC(C(N)=O)CC2)c1. The number of benzene rings is 2. The van der Waals surface area contributed by atoms with Crippen molar-refractivity contribution in [2.45, 2.75) is 17.7 Å². The number of carbonyl (C=O) groups excluding carboxylic acids is 3. The largest absolute Gasteiger partial charge is 0.465 e. The molecule has 0 bridgehead atoms. The van der Waals surface area contributed by atoms with Crippen LogP contribution >= 0.6 is 0 Å². The van der Waals surface area contributed by atoms with Gasteiger partial charge in [-0.3, -0.25) is 14.3 Å². The van der Waals surface area contributed by atoms with Crippen molar-refractivity contribution in [3.63, 3.8) is 0 Å². The summed E-state index contributed by atoms with van der Waals surface area (Å²) in [6.45, 7) is 0.712. The monoisotopic (exact) mass is 445 g/mol. The number of sulfonamides is 1. The number of hydrogen-bond acceptors (Lipinski definition) is 6. The molecule has 0 aliphatic carbocycles. The second-order valence-corrected chi connectivity index (χ2v) is 8.82. The number of para-hydroxylation sites is 1. The molecule has 1 saturated heterocycles. The molecule has 0 aromatic heterocycles. The smallest absolute Gasteiger partial charge is 0.337 e. The molecule has 164 valence electrons. The van der Waals surface area contributed by atoms with Crippen molar-refractivity contribution in [1.29, 1.82) is 0 Å². The maximum Gasteiger partial charge on any atom is 0.337 e. The molecular formula is C21H23N3O6S. The molecule has 0 radical (unpaired) electrons. The maximum absolute atomic E-state index is 13.0. The van der Waals surface area contributed by atoms with Crippen LogP contribution in [0.25, 0.3) is 0 Å². The summed E-state index contributed by atoms with van der Waals surface area (Å²) in [5.74, 6) is -1.65. The van der Waals surface area contributed by atoms with Crippen molar-refractivity contribution in [2.75, 3.05) is 24.9 Å². The van der Waals surface area contributed by atoms with E-state index in [-0.39, 0.29) is 39.4 Å². The lowest BCUT2D eigenvalue weighted by molar-refractivity contribution is -0.123. The summed E-state index contributed by atoms with van der Waals surface area (Å²) in [4.78, 5) is 37.5. The topological polar surface area (TPSA) is 136 Å². The van der Waals surface area contributed by atoms with E-state index in [4.69, 9.17) is 5.73 Å². The number of ether oxygens (including phenoxy) is 1. The van der Waals surface area contributed by atoms with Gasteiger partial charge in [-0.15, -0.1) is 0 Å². The van der Waals surface area contributed by atoms with E-state index in [9.17, 15) is 22.8 Å². The van der Waals surface area contributed by atoms with E-state index >= 15 is 0 Å². The number of amides is 2. The number of piperidine rings is 1. The van der Waals surface area contributed by atoms with Crippen LogP contribution in [-0.2, 0) is 19.6 Å². The lowest BCUT2D eigenvalue weighted by atomic mass is 9.96. The van der Waals surface area contributed by atoms with E-state index < -0.39 is 16.0 Å². The molecule has 3 rings (SSSR count). The summed E-state index contributed by atoms with van der Waals surface area (Å²) in [6, 6.07) is 11.7. The molecule has 2 amide bonds. The van der Waals surface area contributed by atoms with E-state index in [2.05, 4.69) is 9.46 Å². The zero-order valence-corrected chi connectivity index (χ0v) is 17.7. The van der Waals surface area contributed by atoms with Gasteiger partial charge in [-0.2, -0.15) is 0 Å². The van der Waals surface area contributed by atoms with Crippen LogP contribution in [0.4, 0.5) is 5.69 Å². The van der Waals surface area contributed by atoms with Gasteiger partial charge in [0.1, 0.15) is 0 Å². The molecule has 2 aromatic rings. The molecule has 0 atom stereocenters. The number of nitrogens with two attached hydrogens (primary N) is 1. The fraction of sp³-hybridized carbons (Fsp3) is 0.286. The Hall–Kier alpha value is -3.40.